The lowest BCUT2D eigenvalue weighted by Crippen LogP contribution is -1.90. The van der Waals surface area contributed by atoms with Gasteiger partial charge in [0.05, 0.1) is 6.10 Å². The second kappa shape index (κ2) is 4.85. The molecule has 1 unspecified atom stereocenters. The zero-order valence-electron chi connectivity index (χ0n) is 5.59. The Morgan fingerprint density at radius 2 is 2.25 bits per heavy atom. The van der Waals surface area contributed by atoms with Crippen LogP contribution in [0.3, 0.4) is 0 Å². The summed E-state index contributed by atoms with van der Waals surface area (Å²) in [5, 5.41) is 8.69. The molecule has 0 saturated carbocycles. The van der Waals surface area contributed by atoms with E-state index in [4.69, 9.17) is 5.11 Å². The van der Waals surface area contributed by atoms with Crippen LogP contribution in [0.2, 0.25) is 0 Å². The maximum atomic E-state index is 8.69. The molecule has 0 aliphatic carbocycles. The Bertz CT molecular complexity index is 64.8. The van der Waals surface area contributed by atoms with Gasteiger partial charge in [0.15, 0.2) is 0 Å². The molecular weight excluding hydrogens is 100 g/mol. The maximum absolute atomic E-state index is 8.69. The maximum Gasteiger partial charge on any atom is 0.0692 e. The first-order valence-electron chi connectivity index (χ1n) is 3.12. The lowest BCUT2D eigenvalue weighted by atomic mass is 10.3. The van der Waals surface area contributed by atoms with Gasteiger partial charge in [0.1, 0.15) is 0 Å². The molecule has 0 fully saturated rings. The molecule has 0 radical (unpaired) electrons. The van der Waals surface area contributed by atoms with E-state index in [-0.39, 0.29) is 6.10 Å². The van der Waals surface area contributed by atoms with Gasteiger partial charge in [-0.3, -0.25) is 0 Å². The monoisotopic (exact) mass is 114 g/mol. The Morgan fingerprint density at radius 3 is 2.62 bits per heavy atom. The molecule has 1 heteroatoms. The Hall–Kier alpha value is -0.300. The molecule has 0 aliphatic heterocycles. The van der Waals surface area contributed by atoms with Crippen LogP contribution in [0.1, 0.15) is 26.7 Å². The smallest absolute Gasteiger partial charge is 0.0692 e. The topological polar surface area (TPSA) is 20.2 Å². The Labute approximate surface area is 51.0 Å². The molecule has 1 nitrogen and oxygen atoms in total. The SMILES string of the molecule is CCCC=CC(C)O. The molecule has 0 aromatic rings. The van der Waals surface area contributed by atoms with E-state index in [1.54, 1.807) is 6.92 Å². The van der Waals surface area contributed by atoms with Crippen molar-refractivity contribution in [2.24, 2.45) is 0 Å². The van der Waals surface area contributed by atoms with Crippen molar-refractivity contribution >= 4 is 0 Å². The van der Waals surface area contributed by atoms with E-state index in [1.807, 2.05) is 12.2 Å². The molecule has 8 heavy (non-hydrogen) atoms. The lowest BCUT2D eigenvalue weighted by Gasteiger charge is -1.90. The third-order valence-corrected chi connectivity index (χ3v) is 0.870. The summed E-state index contributed by atoms with van der Waals surface area (Å²) in [6.45, 7) is 3.87. The van der Waals surface area contributed by atoms with Gasteiger partial charge in [-0.05, 0) is 13.3 Å². The average molecular weight is 114 g/mol. The Kier molecular flexibility index (Phi) is 4.67. The fourth-order valence-corrected chi connectivity index (χ4v) is 0.460. The van der Waals surface area contributed by atoms with Gasteiger partial charge in [-0.15, -0.1) is 0 Å². The number of allylic oxidation sites excluding steroid dienone is 1. The van der Waals surface area contributed by atoms with Crippen molar-refractivity contribution in [1.82, 2.24) is 0 Å². The molecule has 0 aliphatic rings. The molecule has 0 amide bonds. The number of aliphatic hydroxyl groups is 1. The van der Waals surface area contributed by atoms with Gasteiger partial charge in [-0.25, -0.2) is 0 Å². The highest BCUT2D eigenvalue weighted by Crippen LogP contribution is 1.90. The predicted octanol–water partition coefficient (Wildman–Crippen LogP) is 1.72. The van der Waals surface area contributed by atoms with E-state index in [0.29, 0.717) is 0 Å². The minimum atomic E-state index is -0.276. The summed E-state index contributed by atoms with van der Waals surface area (Å²) in [7, 11) is 0. The molecule has 0 rings (SSSR count). The number of hydrogen-bond donors (Lipinski definition) is 1. The van der Waals surface area contributed by atoms with E-state index in [9.17, 15) is 0 Å². The lowest BCUT2D eigenvalue weighted by molar-refractivity contribution is 0.244. The number of rotatable bonds is 3. The van der Waals surface area contributed by atoms with Crippen molar-refractivity contribution in [3.63, 3.8) is 0 Å². The largest absolute Gasteiger partial charge is 0.389 e. The fraction of sp³-hybridized carbons (Fsp3) is 0.714. The molecule has 1 atom stereocenters. The molecule has 0 heterocycles. The summed E-state index contributed by atoms with van der Waals surface area (Å²) in [5.41, 5.74) is 0. The first-order valence-corrected chi connectivity index (χ1v) is 3.12. The highest BCUT2D eigenvalue weighted by Gasteiger charge is 1.81. The van der Waals surface area contributed by atoms with Gasteiger partial charge in [0.25, 0.3) is 0 Å². The normalized spacial score (nSPS) is 14.9. The van der Waals surface area contributed by atoms with Crippen LogP contribution in [0, 0.1) is 0 Å². The van der Waals surface area contributed by atoms with Crippen LogP contribution in [-0.4, -0.2) is 11.2 Å². The summed E-state index contributed by atoms with van der Waals surface area (Å²) >= 11 is 0. The molecule has 0 aromatic carbocycles. The van der Waals surface area contributed by atoms with E-state index < -0.39 is 0 Å². The first kappa shape index (κ1) is 7.70. The van der Waals surface area contributed by atoms with Crippen LogP contribution in [0.4, 0.5) is 0 Å². The zero-order chi connectivity index (χ0) is 6.41. The number of hydrogen-bond acceptors (Lipinski definition) is 1. The second-order valence-corrected chi connectivity index (χ2v) is 1.96. The van der Waals surface area contributed by atoms with Gasteiger partial charge in [0.2, 0.25) is 0 Å². The molecule has 1 N–H and O–H groups in total. The Balaban J connectivity index is 3.07. The van der Waals surface area contributed by atoms with Crippen LogP contribution in [-0.2, 0) is 0 Å². The molecule has 0 spiro atoms. The minimum Gasteiger partial charge on any atom is -0.389 e. The van der Waals surface area contributed by atoms with Gasteiger partial charge < -0.3 is 5.11 Å². The average Bonchev–Trinajstić information content (AvgIpc) is 1.66. The Morgan fingerprint density at radius 1 is 1.62 bits per heavy atom. The van der Waals surface area contributed by atoms with Crippen LogP contribution in [0.25, 0.3) is 0 Å². The third kappa shape index (κ3) is 5.70. The van der Waals surface area contributed by atoms with E-state index in [0.717, 1.165) is 12.8 Å². The van der Waals surface area contributed by atoms with Crippen LogP contribution >= 0.6 is 0 Å². The van der Waals surface area contributed by atoms with Crippen LogP contribution in [0.5, 0.6) is 0 Å². The minimum absolute atomic E-state index is 0.276. The van der Waals surface area contributed by atoms with E-state index in [2.05, 4.69) is 6.92 Å². The zero-order valence-corrected chi connectivity index (χ0v) is 5.59. The van der Waals surface area contributed by atoms with Gasteiger partial charge >= 0.3 is 0 Å². The summed E-state index contributed by atoms with van der Waals surface area (Å²) in [6, 6.07) is 0. The van der Waals surface area contributed by atoms with Gasteiger partial charge in [-0.2, -0.15) is 0 Å². The highest BCUT2D eigenvalue weighted by molar-refractivity contribution is 4.85. The first-order chi connectivity index (χ1) is 3.77. The summed E-state index contributed by atoms with van der Waals surface area (Å²) in [6.07, 6.45) is 5.77. The van der Waals surface area contributed by atoms with Crippen molar-refractivity contribution in [3.05, 3.63) is 12.2 Å². The van der Waals surface area contributed by atoms with Gasteiger partial charge in [0, 0.05) is 0 Å². The molecular formula is C7H14O. The predicted molar refractivity (Wildman–Crippen MR) is 35.7 cm³/mol. The van der Waals surface area contributed by atoms with Crippen LogP contribution in [0.15, 0.2) is 12.2 Å². The summed E-state index contributed by atoms with van der Waals surface area (Å²) in [4.78, 5) is 0. The van der Waals surface area contributed by atoms with Crippen molar-refractivity contribution in [2.75, 3.05) is 0 Å². The highest BCUT2D eigenvalue weighted by atomic mass is 16.3. The van der Waals surface area contributed by atoms with Crippen molar-refractivity contribution < 1.29 is 5.11 Å². The van der Waals surface area contributed by atoms with Gasteiger partial charge in [-0.1, -0.05) is 25.5 Å². The standard InChI is InChI=1S/C7H14O/c1-3-4-5-6-7(2)8/h5-8H,3-4H2,1-2H3. The summed E-state index contributed by atoms with van der Waals surface area (Å²) in [5.74, 6) is 0. The number of unbranched alkanes of at least 4 members (excludes halogenated alkanes) is 1. The summed E-state index contributed by atoms with van der Waals surface area (Å²) < 4.78 is 0. The molecule has 0 bridgehead atoms. The molecule has 0 aromatic heterocycles. The number of aliphatic hydroxyl groups excluding tert-OH is 1. The fourth-order valence-electron chi connectivity index (χ4n) is 0.460. The third-order valence-electron chi connectivity index (χ3n) is 0.870. The molecule has 0 saturated heterocycles. The van der Waals surface area contributed by atoms with E-state index >= 15 is 0 Å². The van der Waals surface area contributed by atoms with Crippen LogP contribution < -0.4 is 0 Å². The molecule has 48 valence electrons. The van der Waals surface area contributed by atoms with Crippen molar-refractivity contribution in [3.8, 4) is 0 Å². The van der Waals surface area contributed by atoms with E-state index in [1.165, 1.54) is 0 Å². The van der Waals surface area contributed by atoms with Crippen molar-refractivity contribution in [2.45, 2.75) is 32.8 Å². The quantitative estimate of drug-likeness (QED) is 0.554. The van der Waals surface area contributed by atoms with Crippen molar-refractivity contribution in [1.29, 1.82) is 0 Å². The second-order valence-electron chi connectivity index (χ2n) is 1.96.